The second-order valence-electron chi connectivity index (χ2n) is 4.78. The van der Waals surface area contributed by atoms with E-state index in [1.807, 2.05) is 0 Å². The zero-order valence-electron chi connectivity index (χ0n) is 9.99. The summed E-state index contributed by atoms with van der Waals surface area (Å²) in [4.78, 5) is 0. The topological polar surface area (TPSA) is 35.2 Å². The first-order valence-corrected chi connectivity index (χ1v) is 6.10. The van der Waals surface area contributed by atoms with E-state index in [4.69, 9.17) is 10.5 Å². The summed E-state index contributed by atoms with van der Waals surface area (Å²) in [6, 6.07) is 10.8. The molecule has 0 aliphatic heterocycles. The molecular weight excluding hydrogens is 198 g/mol. The third-order valence-corrected chi connectivity index (χ3v) is 3.97. The number of rotatable bonds is 3. The highest BCUT2D eigenvalue weighted by Crippen LogP contribution is 2.38. The van der Waals surface area contributed by atoms with Gasteiger partial charge in [-0.25, -0.2) is 0 Å². The predicted octanol–water partition coefficient (Wildman–Crippen LogP) is 2.69. The lowest BCUT2D eigenvalue weighted by atomic mass is 9.76. The summed E-state index contributed by atoms with van der Waals surface area (Å²) in [6.45, 7) is 0.644. The van der Waals surface area contributed by atoms with Gasteiger partial charge in [0, 0.05) is 13.7 Å². The fourth-order valence-electron chi connectivity index (χ4n) is 2.69. The third kappa shape index (κ3) is 2.28. The van der Waals surface area contributed by atoms with Gasteiger partial charge in [-0.15, -0.1) is 0 Å². The van der Waals surface area contributed by atoms with Gasteiger partial charge in [0.25, 0.3) is 0 Å². The van der Waals surface area contributed by atoms with Crippen molar-refractivity contribution < 1.29 is 4.74 Å². The Kier molecular flexibility index (Phi) is 3.62. The zero-order valence-corrected chi connectivity index (χ0v) is 9.99. The van der Waals surface area contributed by atoms with Crippen molar-refractivity contribution in [1.82, 2.24) is 0 Å². The summed E-state index contributed by atoms with van der Waals surface area (Å²) in [7, 11) is 1.79. The van der Waals surface area contributed by atoms with Crippen LogP contribution in [0.3, 0.4) is 0 Å². The first kappa shape index (κ1) is 11.6. The molecule has 2 heteroatoms. The second-order valence-corrected chi connectivity index (χ2v) is 4.78. The molecule has 1 aliphatic rings. The van der Waals surface area contributed by atoms with E-state index in [1.165, 1.54) is 18.4 Å². The molecular formula is C14H21NO. The standard InChI is InChI=1S/C14H21NO/c1-16-14(11-15)9-7-13(8-10-14)12-5-3-2-4-6-12/h2-6,13H,7-11,15H2,1H3. The molecule has 0 radical (unpaired) electrons. The number of hydrogen-bond donors (Lipinski definition) is 1. The highest BCUT2D eigenvalue weighted by Gasteiger charge is 2.34. The summed E-state index contributed by atoms with van der Waals surface area (Å²) in [5, 5.41) is 0. The lowest BCUT2D eigenvalue weighted by Crippen LogP contribution is -2.42. The number of ether oxygens (including phenoxy) is 1. The average Bonchev–Trinajstić information content (AvgIpc) is 2.40. The van der Waals surface area contributed by atoms with E-state index in [9.17, 15) is 0 Å². The molecule has 1 saturated carbocycles. The van der Waals surface area contributed by atoms with Crippen LogP contribution in [0.1, 0.15) is 37.2 Å². The Hall–Kier alpha value is -0.860. The Morgan fingerprint density at radius 3 is 2.38 bits per heavy atom. The van der Waals surface area contributed by atoms with Crippen LogP contribution in [0.5, 0.6) is 0 Å². The molecule has 1 aromatic carbocycles. The second kappa shape index (κ2) is 4.98. The molecule has 1 fully saturated rings. The quantitative estimate of drug-likeness (QED) is 0.848. The minimum atomic E-state index is -0.0503. The van der Waals surface area contributed by atoms with Crippen molar-refractivity contribution in [2.75, 3.05) is 13.7 Å². The van der Waals surface area contributed by atoms with Crippen LogP contribution >= 0.6 is 0 Å². The Labute approximate surface area is 97.8 Å². The predicted molar refractivity (Wildman–Crippen MR) is 66.4 cm³/mol. The van der Waals surface area contributed by atoms with Gasteiger partial charge in [-0.3, -0.25) is 0 Å². The molecule has 1 aromatic rings. The van der Waals surface area contributed by atoms with Crippen molar-refractivity contribution in [2.24, 2.45) is 5.73 Å². The first-order chi connectivity index (χ1) is 7.79. The van der Waals surface area contributed by atoms with Crippen molar-refractivity contribution in [3.05, 3.63) is 35.9 Å². The van der Waals surface area contributed by atoms with E-state index in [0.29, 0.717) is 12.5 Å². The molecule has 0 bridgehead atoms. The lowest BCUT2D eigenvalue weighted by Gasteiger charge is -2.38. The minimum Gasteiger partial charge on any atom is -0.377 e. The summed E-state index contributed by atoms with van der Waals surface area (Å²) < 4.78 is 5.59. The minimum absolute atomic E-state index is 0.0503. The van der Waals surface area contributed by atoms with Crippen LogP contribution in [-0.2, 0) is 4.74 Å². The number of nitrogens with two attached hydrogens (primary N) is 1. The largest absolute Gasteiger partial charge is 0.377 e. The van der Waals surface area contributed by atoms with Gasteiger partial charge in [0.05, 0.1) is 5.60 Å². The normalized spacial score (nSPS) is 30.2. The summed E-state index contributed by atoms with van der Waals surface area (Å²) in [5.74, 6) is 0.691. The van der Waals surface area contributed by atoms with Crippen LogP contribution in [0, 0.1) is 0 Å². The van der Waals surface area contributed by atoms with E-state index >= 15 is 0 Å². The summed E-state index contributed by atoms with van der Waals surface area (Å²) in [5.41, 5.74) is 7.22. The van der Waals surface area contributed by atoms with Gasteiger partial charge in [-0.05, 0) is 37.2 Å². The number of hydrogen-bond acceptors (Lipinski definition) is 2. The number of benzene rings is 1. The molecule has 2 rings (SSSR count). The van der Waals surface area contributed by atoms with Gasteiger partial charge >= 0.3 is 0 Å². The van der Waals surface area contributed by atoms with E-state index < -0.39 is 0 Å². The van der Waals surface area contributed by atoms with Crippen molar-refractivity contribution in [3.63, 3.8) is 0 Å². The maximum atomic E-state index is 5.81. The van der Waals surface area contributed by atoms with Gasteiger partial charge in [-0.1, -0.05) is 30.3 Å². The smallest absolute Gasteiger partial charge is 0.0800 e. The fraction of sp³-hybridized carbons (Fsp3) is 0.571. The molecule has 0 spiro atoms. The van der Waals surface area contributed by atoms with Crippen molar-refractivity contribution in [1.29, 1.82) is 0 Å². The highest BCUT2D eigenvalue weighted by atomic mass is 16.5. The molecule has 16 heavy (non-hydrogen) atoms. The summed E-state index contributed by atoms with van der Waals surface area (Å²) >= 11 is 0. The Morgan fingerprint density at radius 1 is 1.25 bits per heavy atom. The van der Waals surface area contributed by atoms with Crippen molar-refractivity contribution in [3.8, 4) is 0 Å². The van der Waals surface area contributed by atoms with Crippen molar-refractivity contribution >= 4 is 0 Å². The fourth-order valence-corrected chi connectivity index (χ4v) is 2.69. The molecule has 88 valence electrons. The van der Waals surface area contributed by atoms with Gasteiger partial charge in [-0.2, -0.15) is 0 Å². The molecule has 0 saturated heterocycles. The number of methoxy groups -OCH3 is 1. The monoisotopic (exact) mass is 219 g/mol. The highest BCUT2D eigenvalue weighted by molar-refractivity contribution is 5.20. The van der Waals surface area contributed by atoms with E-state index in [-0.39, 0.29) is 5.60 Å². The molecule has 0 heterocycles. The maximum Gasteiger partial charge on any atom is 0.0800 e. The maximum absolute atomic E-state index is 5.81. The molecule has 0 atom stereocenters. The van der Waals surface area contributed by atoms with Gasteiger partial charge < -0.3 is 10.5 Å². The third-order valence-electron chi connectivity index (χ3n) is 3.97. The van der Waals surface area contributed by atoms with Crippen LogP contribution in [0.4, 0.5) is 0 Å². The summed E-state index contributed by atoms with van der Waals surface area (Å²) in [6.07, 6.45) is 4.54. The van der Waals surface area contributed by atoms with Crippen LogP contribution in [0.2, 0.25) is 0 Å². The first-order valence-electron chi connectivity index (χ1n) is 6.10. The average molecular weight is 219 g/mol. The van der Waals surface area contributed by atoms with Crippen LogP contribution in [0.15, 0.2) is 30.3 Å². The molecule has 1 aliphatic carbocycles. The SMILES string of the molecule is COC1(CN)CCC(c2ccccc2)CC1. The van der Waals surface area contributed by atoms with E-state index in [1.54, 1.807) is 7.11 Å². The van der Waals surface area contributed by atoms with Gasteiger partial charge in [0.1, 0.15) is 0 Å². The van der Waals surface area contributed by atoms with E-state index in [2.05, 4.69) is 30.3 Å². The van der Waals surface area contributed by atoms with Crippen molar-refractivity contribution in [2.45, 2.75) is 37.2 Å². The molecule has 0 amide bonds. The Balaban J connectivity index is 2.00. The Morgan fingerprint density at radius 2 is 1.88 bits per heavy atom. The molecule has 0 unspecified atom stereocenters. The van der Waals surface area contributed by atoms with Gasteiger partial charge in [0.2, 0.25) is 0 Å². The van der Waals surface area contributed by atoms with Crippen LogP contribution in [0.25, 0.3) is 0 Å². The van der Waals surface area contributed by atoms with Gasteiger partial charge in [0.15, 0.2) is 0 Å². The van der Waals surface area contributed by atoms with Crippen LogP contribution < -0.4 is 5.73 Å². The molecule has 0 aromatic heterocycles. The molecule has 2 nitrogen and oxygen atoms in total. The van der Waals surface area contributed by atoms with E-state index in [0.717, 1.165) is 12.8 Å². The molecule has 2 N–H and O–H groups in total. The Bertz CT molecular complexity index is 309. The van der Waals surface area contributed by atoms with Crippen LogP contribution in [-0.4, -0.2) is 19.3 Å². The lowest BCUT2D eigenvalue weighted by molar-refractivity contribution is -0.0350. The zero-order chi connectivity index (χ0) is 11.4.